The van der Waals surface area contributed by atoms with Gasteiger partial charge in [-0.25, -0.2) is 14.3 Å². The molecule has 18 heavy (non-hydrogen) atoms. The molecule has 0 spiro atoms. The van der Waals surface area contributed by atoms with Crippen LogP contribution in [0.15, 0.2) is 47.6 Å². The molecule has 6 heteroatoms. The molecule has 0 aliphatic carbocycles. The summed E-state index contributed by atoms with van der Waals surface area (Å²) in [6.45, 7) is 10.6. The molecule has 0 bridgehead atoms. The van der Waals surface area contributed by atoms with Gasteiger partial charge in [0.1, 0.15) is 0 Å². The van der Waals surface area contributed by atoms with Crippen LogP contribution in [0, 0.1) is 5.21 Å². The number of allylic oxidation sites excluding steroid dienone is 3. The molecule has 0 amide bonds. The number of hydrogen-bond acceptors (Lipinski definition) is 3. The fourth-order valence-corrected chi connectivity index (χ4v) is 1.59. The fraction of sp³-hybridized carbons (Fsp3) is 0.250. The van der Waals surface area contributed by atoms with Gasteiger partial charge in [0.25, 0.3) is 0 Å². The van der Waals surface area contributed by atoms with E-state index in [2.05, 4.69) is 19.7 Å². The maximum atomic E-state index is 12.1. The van der Waals surface area contributed by atoms with Gasteiger partial charge in [-0.3, -0.25) is 0 Å². The number of nitrogens with zero attached hydrogens (tertiary/aromatic N) is 3. The predicted octanol–water partition coefficient (Wildman–Crippen LogP) is -0.256. The highest BCUT2D eigenvalue weighted by Gasteiger charge is 2.19. The van der Waals surface area contributed by atoms with E-state index in [0.29, 0.717) is 0 Å². The lowest BCUT2D eigenvalue weighted by Crippen LogP contribution is -2.61. The van der Waals surface area contributed by atoms with Crippen molar-refractivity contribution in [2.24, 2.45) is 0 Å². The minimum Gasteiger partial charge on any atom is -0.738 e. The Morgan fingerprint density at radius 3 is 2.11 bits per heavy atom. The van der Waals surface area contributed by atoms with Crippen molar-refractivity contribution in [2.75, 3.05) is 0 Å². The summed E-state index contributed by atoms with van der Waals surface area (Å²) in [5.41, 5.74) is -1.46. The molecular formula is C12H15N3O3. The summed E-state index contributed by atoms with van der Waals surface area (Å²) >= 11 is 0. The van der Waals surface area contributed by atoms with Crippen molar-refractivity contribution in [3.63, 3.8) is 0 Å². The average molecular weight is 249 g/mol. The molecule has 6 nitrogen and oxygen atoms in total. The van der Waals surface area contributed by atoms with Crippen LogP contribution < -0.4 is 16.1 Å². The molecule has 0 atom stereocenters. The van der Waals surface area contributed by atoms with Crippen molar-refractivity contribution >= 4 is 0 Å². The van der Waals surface area contributed by atoms with E-state index in [9.17, 15) is 14.8 Å². The zero-order valence-corrected chi connectivity index (χ0v) is 10.0. The first-order valence-electron chi connectivity index (χ1n) is 5.37. The lowest BCUT2D eigenvalue weighted by atomic mass is 10.4. The van der Waals surface area contributed by atoms with Crippen molar-refractivity contribution in [1.82, 2.24) is 9.13 Å². The van der Waals surface area contributed by atoms with Crippen molar-refractivity contribution in [2.45, 2.75) is 19.5 Å². The summed E-state index contributed by atoms with van der Waals surface area (Å²) in [7, 11) is 0. The maximum absolute atomic E-state index is 12.1. The Kier molecular flexibility index (Phi) is 4.42. The van der Waals surface area contributed by atoms with Gasteiger partial charge < -0.3 is 5.21 Å². The highest BCUT2D eigenvalue weighted by molar-refractivity contribution is 4.92. The molecule has 0 saturated heterocycles. The van der Waals surface area contributed by atoms with Crippen LogP contribution in [0.1, 0.15) is 5.82 Å². The van der Waals surface area contributed by atoms with Crippen LogP contribution in [0.2, 0.25) is 0 Å². The van der Waals surface area contributed by atoms with E-state index < -0.39 is 11.4 Å². The van der Waals surface area contributed by atoms with E-state index in [-0.39, 0.29) is 30.1 Å². The molecular weight excluding hydrogens is 234 g/mol. The van der Waals surface area contributed by atoms with Crippen LogP contribution in [0.5, 0.6) is 0 Å². The summed E-state index contributed by atoms with van der Waals surface area (Å²) in [6, 6.07) is 0. The third-order valence-corrected chi connectivity index (χ3v) is 2.36. The minimum atomic E-state index is -0.905. The number of hydrogen-bond donors (Lipinski definition) is 0. The fourth-order valence-electron chi connectivity index (χ4n) is 1.59. The highest BCUT2D eigenvalue weighted by Crippen LogP contribution is 1.91. The third-order valence-electron chi connectivity index (χ3n) is 2.36. The van der Waals surface area contributed by atoms with Crippen LogP contribution in [0.4, 0.5) is 0 Å². The summed E-state index contributed by atoms with van der Waals surface area (Å²) < 4.78 is 2.23. The molecule has 96 valence electrons. The summed E-state index contributed by atoms with van der Waals surface area (Å²) in [4.78, 5) is 23.8. The summed E-state index contributed by atoms with van der Waals surface area (Å²) in [5.74, 6) is 0.0558. The molecule has 0 aromatic carbocycles. The lowest BCUT2D eigenvalue weighted by molar-refractivity contribution is -0.640. The molecule has 0 fully saturated rings. The Morgan fingerprint density at radius 1 is 1.06 bits per heavy atom. The number of rotatable bonds is 6. The molecule has 0 unspecified atom stereocenters. The van der Waals surface area contributed by atoms with Gasteiger partial charge in [-0.15, -0.1) is 6.58 Å². The molecule has 0 saturated carbocycles. The summed E-state index contributed by atoms with van der Waals surface area (Å²) in [6.07, 6.45) is 4.46. The third kappa shape index (κ3) is 2.32. The van der Waals surface area contributed by atoms with E-state index in [1.165, 1.54) is 22.8 Å². The van der Waals surface area contributed by atoms with Gasteiger partial charge in [-0.2, -0.15) is 9.13 Å². The normalized spacial score (nSPS) is 10.0. The number of aromatic nitrogens is 3. The van der Waals surface area contributed by atoms with Crippen molar-refractivity contribution in [1.29, 1.82) is 0 Å². The van der Waals surface area contributed by atoms with E-state index in [1.807, 2.05) is 0 Å². The molecule has 1 aromatic rings. The molecule has 1 aromatic heterocycles. The molecule has 1 heterocycles. The minimum absolute atomic E-state index is 0.00851. The van der Waals surface area contributed by atoms with Gasteiger partial charge in [0.15, 0.2) is 0 Å². The van der Waals surface area contributed by atoms with Gasteiger partial charge >= 0.3 is 11.4 Å². The van der Waals surface area contributed by atoms with Gasteiger partial charge in [0.2, 0.25) is 5.82 Å². The first-order chi connectivity index (χ1) is 8.58. The Balaban J connectivity index is 3.68. The maximum Gasteiger partial charge on any atom is 0.449 e. The second kappa shape index (κ2) is 5.81. The van der Waals surface area contributed by atoms with Crippen LogP contribution in [0.3, 0.4) is 0 Å². The Hall–Kier alpha value is -2.37. The second-order valence-electron chi connectivity index (χ2n) is 3.57. The van der Waals surface area contributed by atoms with E-state index in [4.69, 9.17) is 0 Å². The molecule has 1 rings (SSSR count). The zero-order valence-electron chi connectivity index (χ0n) is 10.0. The Labute approximate surface area is 104 Å². The quantitative estimate of drug-likeness (QED) is 0.396. The predicted molar refractivity (Wildman–Crippen MR) is 68.2 cm³/mol. The molecule has 0 aliphatic rings. The van der Waals surface area contributed by atoms with Gasteiger partial charge in [-0.05, 0) is 0 Å². The van der Waals surface area contributed by atoms with Gasteiger partial charge in [0.05, 0.1) is 19.5 Å². The molecule has 0 radical (unpaired) electrons. The Morgan fingerprint density at radius 2 is 1.61 bits per heavy atom. The van der Waals surface area contributed by atoms with Crippen LogP contribution in [-0.4, -0.2) is 9.13 Å². The SMILES string of the molecule is C=CCc1n(CC=C)c(=O)n(CC=C)c(=O)[n+]1[O-]. The first kappa shape index (κ1) is 13.7. The van der Waals surface area contributed by atoms with Gasteiger partial charge in [-0.1, -0.05) is 31.4 Å². The molecule has 0 N–H and O–H groups in total. The van der Waals surface area contributed by atoms with Gasteiger partial charge in [0, 0.05) is 0 Å². The summed E-state index contributed by atoms with van der Waals surface area (Å²) in [5, 5.41) is 11.8. The van der Waals surface area contributed by atoms with E-state index in [0.717, 1.165) is 4.57 Å². The topological polar surface area (TPSA) is 70.9 Å². The van der Waals surface area contributed by atoms with E-state index >= 15 is 0 Å². The van der Waals surface area contributed by atoms with Crippen molar-refractivity contribution < 1.29 is 4.73 Å². The smallest absolute Gasteiger partial charge is 0.449 e. The van der Waals surface area contributed by atoms with Crippen LogP contribution >= 0.6 is 0 Å². The zero-order chi connectivity index (χ0) is 13.7. The largest absolute Gasteiger partial charge is 0.738 e. The van der Waals surface area contributed by atoms with Crippen molar-refractivity contribution in [3.8, 4) is 0 Å². The second-order valence-corrected chi connectivity index (χ2v) is 3.57. The van der Waals surface area contributed by atoms with Crippen molar-refractivity contribution in [3.05, 3.63) is 70.0 Å². The van der Waals surface area contributed by atoms with E-state index in [1.54, 1.807) is 0 Å². The molecule has 0 aliphatic heterocycles. The Bertz CT molecular complexity index is 596. The average Bonchev–Trinajstić information content (AvgIpc) is 2.36. The highest BCUT2D eigenvalue weighted by atomic mass is 16.5. The first-order valence-corrected chi connectivity index (χ1v) is 5.37. The monoisotopic (exact) mass is 249 g/mol. The van der Waals surface area contributed by atoms with Crippen LogP contribution in [-0.2, 0) is 19.5 Å². The standard InChI is InChI=1S/C12H15N3O3/c1-4-7-10-13(8-5-2)11(16)14(9-6-3)12(17)15(10)18/h4-6H,1-3,7-9H2. The van der Waals surface area contributed by atoms with Crippen LogP contribution in [0.25, 0.3) is 0 Å². The lowest BCUT2D eigenvalue weighted by Gasteiger charge is -2.13.